The van der Waals surface area contributed by atoms with E-state index < -0.39 is 10.0 Å². The molecule has 0 saturated carbocycles. The molecule has 0 spiro atoms. The molecule has 0 fully saturated rings. The monoisotopic (exact) mass is 462 g/mol. The van der Waals surface area contributed by atoms with E-state index in [0.29, 0.717) is 34.9 Å². The number of allylic oxidation sites excluding steroid dienone is 2. The summed E-state index contributed by atoms with van der Waals surface area (Å²) in [6.45, 7) is 2.45. The van der Waals surface area contributed by atoms with Gasteiger partial charge in [0.15, 0.2) is 0 Å². The fourth-order valence-corrected chi connectivity index (χ4v) is 4.38. The van der Waals surface area contributed by atoms with Crippen molar-refractivity contribution < 1.29 is 22.7 Å². The van der Waals surface area contributed by atoms with Crippen molar-refractivity contribution in [1.29, 1.82) is 0 Å². The molecule has 0 bridgehead atoms. The van der Waals surface area contributed by atoms with Crippen LogP contribution in [0.1, 0.15) is 22.8 Å². The number of benzene rings is 3. The third-order valence-corrected chi connectivity index (χ3v) is 6.30. The lowest BCUT2D eigenvalue weighted by Crippen LogP contribution is -2.22. The van der Waals surface area contributed by atoms with E-state index in [4.69, 9.17) is 9.47 Å². The van der Waals surface area contributed by atoms with Crippen molar-refractivity contribution in [2.75, 3.05) is 19.0 Å². The average Bonchev–Trinajstić information content (AvgIpc) is 2.83. The zero-order valence-corrected chi connectivity index (χ0v) is 18.9. The Balaban J connectivity index is 1.73. The van der Waals surface area contributed by atoms with E-state index in [2.05, 4.69) is 9.71 Å². The van der Waals surface area contributed by atoms with E-state index in [1.165, 1.54) is 25.3 Å². The van der Waals surface area contributed by atoms with Gasteiger partial charge in [-0.25, -0.2) is 0 Å². The number of nitrogens with one attached hydrogen (secondary N) is 1. The second-order valence-electron chi connectivity index (χ2n) is 7.14. The van der Waals surface area contributed by atoms with Gasteiger partial charge in [0.1, 0.15) is 11.5 Å². The molecule has 0 aromatic heterocycles. The molecule has 4 rings (SSSR count). The van der Waals surface area contributed by atoms with Crippen LogP contribution in [0, 0.1) is 0 Å². The Hall–Kier alpha value is -3.91. The molecule has 0 heterocycles. The van der Waals surface area contributed by atoms with E-state index in [0.717, 1.165) is 0 Å². The molecule has 0 amide bonds. The largest absolute Gasteiger partial charge is 0.497 e. The van der Waals surface area contributed by atoms with Crippen LogP contribution in [0.5, 0.6) is 11.5 Å². The highest BCUT2D eigenvalue weighted by molar-refractivity contribution is 7.90. The first kappa shape index (κ1) is 22.3. The van der Waals surface area contributed by atoms with Gasteiger partial charge in [-0.05, 0) is 61.5 Å². The molecular formula is C25H22N2O5S. The summed E-state index contributed by atoms with van der Waals surface area (Å²) in [6.07, 6.45) is 1.46. The maximum atomic E-state index is 13.1. The van der Waals surface area contributed by atoms with Crippen LogP contribution < -0.4 is 14.8 Å². The predicted octanol–water partition coefficient (Wildman–Crippen LogP) is 4.46. The van der Waals surface area contributed by atoms with Crippen molar-refractivity contribution in [3.05, 3.63) is 95.7 Å². The Bertz CT molecular complexity index is 1340. The highest BCUT2D eigenvalue weighted by atomic mass is 32.2. The van der Waals surface area contributed by atoms with Crippen molar-refractivity contribution in [2.24, 2.45) is 4.40 Å². The zero-order valence-electron chi connectivity index (χ0n) is 18.1. The SMILES string of the molecule is CCOc1ccc(NC2=CC(=NS(=O)(=O)c3ccc(OC)cc3)c3ccccc3C2=O)cc1. The molecule has 168 valence electrons. The molecule has 3 aromatic rings. The van der Waals surface area contributed by atoms with E-state index in [9.17, 15) is 13.2 Å². The number of anilines is 1. The summed E-state index contributed by atoms with van der Waals surface area (Å²) in [4.78, 5) is 13.1. The second kappa shape index (κ2) is 9.30. The minimum absolute atomic E-state index is 0.0274. The van der Waals surface area contributed by atoms with Crippen LogP contribution in [-0.2, 0) is 10.0 Å². The number of hydrogen-bond acceptors (Lipinski definition) is 6. The van der Waals surface area contributed by atoms with Gasteiger partial charge in [-0.15, -0.1) is 0 Å². The van der Waals surface area contributed by atoms with E-state index in [-0.39, 0.29) is 22.1 Å². The third-order valence-electron chi connectivity index (χ3n) is 4.99. The summed E-state index contributed by atoms with van der Waals surface area (Å²) in [5.74, 6) is 1.00. The molecule has 3 aromatic carbocycles. The van der Waals surface area contributed by atoms with Crippen LogP contribution in [0.25, 0.3) is 0 Å². The summed E-state index contributed by atoms with van der Waals surface area (Å²) >= 11 is 0. The smallest absolute Gasteiger partial charge is 0.282 e. The lowest BCUT2D eigenvalue weighted by atomic mass is 9.92. The summed E-state index contributed by atoms with van der Waals surface area (Å²) in [6, 6.07) is 19.9. The highest BCUT2D eigenvalue weighted by Crippen LogP contribution is 2.26. The van der Waals surface area contributed by atoms with E-state index >= 15 is 0 Å². The summed E-state index contributed by atoms with van der Waals surface area (Å²) in [7, 11) is -2.52. The van der Waals surface area contributed by atoms with Gasteiger partial charge in [-0.1, -0.05) is 24.3 Å². The number of carbonyl (C=O) groups excluding carboxylic acids is 1. The lowest BCUT2D eigenvalue weighted by molar-refractivity contribution is 0.103. The van der Waals surface area contributed by atoms with E-state index in [1.54, 1.807) is 60.7 Å². The first-order valence-corrected chi connectivity index (χ1v) is 11.7. The van der Waals surface area contributed by atoms with Gasteiger partial charge in [0.25, 0.3) is 10.0 Å². The molecule has 1 N–H and O–H groups in total. The Morgan fingerprint density at radius 3 is 2.15 bits per heavy atom. The van der Waals surface area contributed by atoms with Gasteiger partial charge in [0, 0.05) is 16.8 Å². The fraction of sp³-hybridized carbons (Fsp3) is 0.120. The molecule has 0 saturated heterocycles. The van der Waals surface area contributed by atoms with Crippen LogP contribution in [-0.4, -0.2) is 33.6 Å². The first-order valence-electron chi connectivity index (χ1n) is 10.3. The number of carbonyl (C=O) groups is 1. The number of hydrogen-bond donors (Lipinski definition) is 1. The van der Waals surface area contributed by atoms with Crippen molar-refractivity contribution >= 4 is 27.2 Å². The molecule has 33 heavy (non-hydrogen) atoms. The number of ether oxygens (including phenoxy) is 2. The van der Waals surface area contributed by atoms with Crippen molar-refractivity contribution in [1.82, 2.24) is 0 Å². The molecule has 0 unspecified atom stereocenters. The van der Waals surface area contributed by atoms with Crippen molar-refractivity contribution in [3.8, 4) is 11.5 Å². The molecule has 1 aliphatic rings. The number of rotatable bonds is 7. The molecular weight excluding hydrogens is 440 g/mol. The number of nitrogens with zero attached hydrogens (tertiary/aromatic N) is 1. The molecule has 0 atom stereocenters. The third kappa shape index (κ3) is 4.80. The van der Waals surface area contributed by atoms with E-state index in [1.807, 2.05) is 6.92 Å². The number of methoxy groups -OCH3 is 1. The zero-order chi connectivity index (χ0) is 23.4. The van der Waals surface area contributed by atoms with Crippen molar-refractivity contribution in [2.45, 2.75) is 11.8 Å². The molecule has 8 heteroatoms. The van der Waals surface area contributed by atoms with Crippen LogP contribution in [0.15, 0.2) is 93.9 Å². The minimum atomic E-state index is -4.02. The van der Waals surface area contributed by atoms with Crippen LogP contribution >= 0.6 is 0 Å². The van der Waals surface area contributed by atoms with Gasteiger partial charge >= 0.3 is 0 Å². The van der Waals surface area contributed by atoms with Crippen LogP contribution in [0.2, 0.25) is 0 Å². The number of fused-ring (bicyclic) bond motifs is 1. The Kier molecular flexibility index (Phi) is 6.28. The quantitative estimate of drug-likeness (QED) is 0.557. The summed E-state index contributed by atoms with van der Waals surface area (Å²) < 4.78 is 40.5. The predicted molar refractivity (Wildman–Crippen MR) is 127 cm³/mol. The van der Waals surface area contributed by atoms with Gasteiger partial charge in [-0.3, -0.25) is 4.79 Å². The lowest BCUT2D eigenvalue weighted by Gasteiger charge is -2.19. The second-order valence-corrected chi connectivity index (χ2v) is 8.75. The fourth-order valence-electron chi connectivity index (χ4n) is 3.38. The van der Waals surface area contributed by atoms with Gasteiger partial charge in [0.2, 0.25) is 5.78 Å². The molecule has 0 aliphatic heterocycles. The van der Waals surface area contributed by atoms with Gasteiger partial charge in [-0.2, -0.15) is 12.8 Å². The Labute approximate surface area is 192 Å². The normalized spacial score (nSPS) is 14.4. The molecule has 0 radical (unpaired) electrons. The molecule has 1 aliphatic carbocycles. The van der Waals surface area contributed by atoms with Gasteiger partial charge in [0.05, 0.1) is 30.0 Å². The standard InChI is InChI=1S/C25H22N2O5S/c1-3-32-19-10-8-17(9-11-19)26-24-16-23(21-6-4-5-7-22(21)25(24)28)27-33(29,30)20-14-12-18(31-2)13-15-20/h4-16,26H,3H2,1-2H3. The van der Waals surface area contributed by atoms with Crippen LogP contribution in [0.4, 0.5) is 5.69 Å². The van der Waals surface area contributed by atoms with Gasteiger partial charge < -0.3 is 14.8 Å². The first-order chi connectivity index (χ1) is 15.9. The number of sulfonamides is 1. The summed E-state index contributed by atoms with van der Waals surface area (Å²) in [5, 5.41) is 3.08. The average molecular weight is 463 g/mol. The topological polar surface area (TPSA) is 94.1 Å². The number of ketones is 1. The maximum absolute atomic E-state index is 13.1. The Morgan fingerprint density at radius 2 is 1.52 bits per heavy atom. The Morgan fingerprint density at radius 1 is 0.879 bits per heavy atom. The van der Waals surface area contributed by atoms with Crippen LogP contribution in [0.3, 0.4) is 0 Å². The highest BCUT2D eigenvalue weighted by Gasteiger charge is 2.26. The minimum Gasteiger partial charge on any atom is -0.497 e. The number of Topliss-reactive ketones (excluding diaryl/α,β-unsaturated/α-hetero) is 1. The summed E-state index contributed by atoms with van der Waals surface area (Å²) in [5.41, 5.74) is 1.89. The maximum Gasteiger partial charge on any atom is 0.282 e. The van der Waals surface area contributed by atoms with Crippen molar-refractivity contribution in [3.63, 3.8) is 0 Å². The molecule has 7 nitrogen and oxygen atoms in total.